The number of nitrogens with zero attached hydrogens (tertiary/aromatic N) is 3. The summed E-state index contributed by atoms with van der Waals surface area (Å²) in [5, 5.41) is 6.78. The lowest BCUT2D eigenvalue weighted by molar-refractivity contribution is -0.383. The Labute approximate surface area is 123 Å². The minimum atomic E-state index is -4.93. The first kappa shape index (κ1) is 16.2. The summed E-state index contributed by atoms with van der Waals surface area (Å²) < 4.78 is 65.0. The fourth-order valence-corrected chi connectivity index (χ4v) is 1.92. The van der Waals surface area contributed by atoms with Crippen molar-refractivity contribution in [1.82, 2.24) is 9.71 Å². The molecule has 0 N–H and O–H groups in total. The predicted molar refractivity (Wildman–Crippen MR) is 63.6 cm³/mol. The minimum Gasteiger partial charge on any atom is -0.415 e. The number of hydrogen-bond donors (Lipinski definition) is 0. The van der Waals surface area contributed by atoms with Gasteiger partial charge < -0.3 is 4.84 Å². The van der Waals surface area contributed by atoms with E-state index in [-0.39, 0.29) is 10.8 Å². The molecule has 120 valence electrons. The van der Waals surface area contributed by atoms with Crippen molar-refractivity contribution in [3.63, 3.8) is 0 Å². The van der Waals surface area contributed by atoms with E-state index < -0.39 is 44.6 Å². The lowest BCUT2D eigenvalue weighted by Crippen LogP contribution is -2.18. The average molecular weight is 346 g/mol. The van der Waals surface area contributed by atoms with E-state index in [1.807, 2.05) is 0 Å². The molecule has 0 saturated heterocycles. The molecule has 0 aliphatic heterocycles. The van der Waals surface area contributed by atoms with Crippen molar-refractivity contribution >= 4 is 28.3 Å². The molecule has 1 heterocycles. The number of nitro groups is 1. The molecule has 0 bridgehead atoms. The van der Waals surface area contributed by atoms with E-state index in [0.29, 0.717) is 6.07 Å². The molecule has 1 aromatic carbocycles. The Morgan fingerprint density at radius 1 is 1.32 bits per heavy atom. The van der Waals surface area contributed by atoms with E-state index in [1.165, 1.54) is 0 Å². The molecule has 6 nitrogen and oxygen atoms in total. The molecule has 0 atom stereocenters. The largest absolute Gasteiger partial charge is 0.416 e. The second kappa shape index (κ2) is 4.93. The number of rotatable bonds is 3. The zero-order valence-corrected chi connectivity index (χ0v) is 11.2. The maximum Gasteiger partial charge on any atom is 0.416 e. The molecule has 0 spiro atoms. The van der Waals surface area contributed by atoms with Crippen molar-refractivity contribution in [2.24, 2.45) is 0 Å². The van der Waals surface area contributed by atoms with Gasteiger partial charge in [0.15, 0.2) is 5.52 Å². The SMILES string of the molecule is COn1c(C(F)(F)Cl)nc2c([N+](=O)[O-])cc(C(F)(F)F)cc21. The molecule has 12 heteroatoms. The summed E-state index contributed by atoms with van der Waals surface area (Å²) in [7, 11) is 0.874. The Morgan fingerprint density at radius 2 is 1.91 bits per heavy atom. The smallest absolute Gasteiger partial charge is 0.415 e. The first-order valence-corrected chi connectivity index (χ1v) is 5.74. The van der Waals surface area contributed by atoms with E-state index >= 15 is 0 Å². The van der Waals surface area contributed by atoms with Crippen molar-refractivity contribution in [3.8, 4) is 0 Å². The number of benzene rings is 1. The van der Waals surface area contributed by atoms with Crippen LogP contribution in [0.3, 0.4) is 0 Å². The number of non-ortho nitro benzene ring substituents is 1. The molecule has 0 fully saturated rings. The Kier molecular flexibility index (Phi) is 3.63. The highest BCUT2D eigenvalue weighted by molar-refractivity contribution is 6.21. The zero-order valence-electron chi connectivity index (χ0n) is 10.5. The monoisotopic (exact) mass is 345 g/mol. The topological polar surface area (TPSA) is 70.2 Å². The molecule has 0 aliphatic rings. The van der Waals surface area contributed by atoms with Gasteiger partial charge in [-0.05, 0) is 17.7 Å². The van der Waals surface area contributed by atoms with Crippen LogP contribution in [-0.2, 0) is 11.6 Å². The standard InChI is InChI=1S/C10H5ClF5N3O3/c1-22-18-5-2-4(10(14,15)16)3-6(19(20)21)7(5)17-8(18)9(11,12)13/h2-3H,1H3. The van der Waals surface area contributed by atoms with Gasteiger partial charge in [0.2, 0.25) is 5.82 Å². The van der Waals surface area contributed by atoms with E-state index in [4.69, 9.17) is 11.6 Å². The van der Waals surface area contributed by atoms with Crippen LogP contribution in [0.1, 0.15) is 11.4 Å². The highest BCUT2D eigenvalue weighted by Crippen LogP contribution is 2.39. The number of imidazole rings is 1. The highest BCUT2D eigenvalue weighted by Gasteiger charge is 2.40. The number of alkyl halides is 6. The summed E-state index contributed by atoms with van der Waals surface area (Å²) in [5.41, 5.74) is -3.85. The third-order valence-electron chi connectivity index (χ3n) is 2.66. The molecule has 0 amide bonds. The number of fused-ring (bicyclic) bond motifs is 1. The van der Waals surface area contributed by atoms with Crippen LogP contribution in [0.25, 0.3) is 11.0 Å². The van der Waals surface area contributed by atoms with Gasteiger partial charge in [0.05, 0.1) is 10.5 Å². The third kappa shape index (κ3) is 2.63. The van der Waals surface area contributed by atoms with Crippen molar-refractivity contribution in [1.29, 1.82) is 0 Å². The zero-order chi connectivity index (χ0) is 16.9. The van der Waals surface area contributed by atoms with Crippen molar-refractivity contribution in [2.45, 2.75) is 11.6 Å². The van der Waals surface area contributed by atoms with Crippen molar-refractivity contribution in [2.75, 3.05) is 7.11 Å². The number of aromatic nitrogens is 2. The molecule has 0 unspecified atom stereocenters. The Balaban J connectivity index is 2.93. The molecule has 0 aliphatic carbocycles. The lowest BCUT2D eigenvalue weighted by Gasteiger charge is -2.10. The molecule has 0 radical (unpaired) electrons. The second-order valence-electron chi connectivity index (χ2n) is 4.03. The van der Waals surface area contributed by atoms with Gasteiger partial charge in [-0.25, -0.2) is 4.98 Å². The van der Waals surface area contributed by atoms with Gasteiger partial charge >= 0.3 is 11.6 Å². The summed E-state index contributed by atoms with van der Waals surface area (Å²) in [6, 6.07) is 0.608. The number of hydrogen-bond acceptors (Lipinski definition) is 4. The van der Waals surface area contributed by atoms with E-state index in [0.717, 1.165) is 7.11 Å². The molecule has 1 aromatic heterocycles. The molecule has 22 heavy (non-hydrogen) atoms. The Bertz CT molecular complexity index is 753. The Morgan fingerprint density at radius 3 is 2.32 bits per heavy atom. The van der Waals surface area contributed by atoms with Gasteiger partial charge in [0, 0.05) is 6.07 Å². The van der Waals surface area contributed by atoms with E-state index in [1.54, 1.807) is 0 Å². The first-order valence-electron chi connectivity index (χ1n) is 5.36. The third-order valence-corrected chi connectivity index (χ3v) is 2.83. The van der Waals surface area contributed by atoms with Crippen molar-refractivity contribution in [3.05, 3.63) is 33.6 Å². The van der Waals surface area contributed by atoms with E-state index in [2.05, 4.69) is 9.82 Å². The van der Waals surface area contributed by atoms with Gasteiger partial charge in [0.1, 0.15) is 12.6 Å². The molecular formula is C10H5ClF5N3O3. The number of halogens is 6. The fourth-order valence-electron chi connectivity index (χ4n) is 1.81. The second-order valence-corrected chi connectivity index (χ2v) is 4.50. The van der Waals surface area contributed by atoms with Crippen LogP contribution in [0, 0.1) is 10.1 Å². The summed E-state index contributed by atoms with van der Waals surface area (Å²) in [6.07, 6.45) is -4.93. The van der Waals surface area contributed by atoms with Crippen LogP contribution in [0.4, 0.5) is 27.6 Å². The normalized spacial score (nSPS) is 12.7. The summed E-state index contributed by atoms with van der Waals surface area (Å²) in [5.74, 6) is -1.27. The predicted octanol–water partition coefficient (Wildman–Crippen LogP) is 3.31. The summed E-state index contributed by atoms with van der Waals surface area (Å²) in [6.45, 7) is 0. The number of nitro benzene ring substituents is 1. The summed E-state index contributed by atoms with van der Waals surface area (Å²) >= 11 is 4.79. The van der Waals surface area contributed by atoms with Crippen LogP contribution in [-0.4, -0.2) is 21.7 Å². The maximum atomic E-state index is 13.2. The van der Waals surface area contributed by atoms with Crippen LogP contribution >= 0.6 is 11.6 Å². The minimum absolute atomic E-state index is 0.200. The molecule has 0 saturated carbocycles. The Hall–Kier alpha value is -2.17. The van der Waals surface area contributed by atoms with Gasteiger partial charge in [-0.2, -0.15) is 26.7 Å². The van der Waals surface area contributed by atoms with Crippen LogP contribution in [0.5, 0.6) is 0 Å². The summed E-state index contributed by atoms with van der Waals surface area (Å²) in [4.78, 5) is 17.5. The van der Waals surface area contributed by atoms with Crippen LogP contribution < -0.4 is 4.84 Å². The van der Waals surface area contributed by atoms with E-state index in [9.17, 15) is 32.1 Å². The maximum absolute atomic E-state index is 13.2. The van der Waals surface area contributed by atoms with Crippen molar-refractivity contribution < 1.29 is 31.7 Å². The lowest BCUT2D eigenvalue weighted by atomic mass is 10.1. The highest BCUT2D eigenvalue weighted by atomic mass is 35.5. The van der Waals surface area contributed by atoms with Gasteiger partial charge in [-0.1, -0.05) is 0 Å². The van der Waals surface area contributed by atoms with Gasteiger partial charge in [-0.3, -0.25) is 10.1 Å². The van der Waals surface area contributed by atoms with Crippen LogP contribution in [0.2, 0.25) is 0 Å². The fraction of sp³-hybridized carbons (Fsp3) is 0.300. The molecule has 2 rings (SSSR count). The molecular weight excluding hydrogens is 341 g/mol. The first-order chi connectivity index (χ1) is 9.96. The van der Waals surface area contributed by atoms with Gasteiger partial charge in [0.25, 0.3) is 5.69 Å². The van der Waals surface area contributed by atoms with Gasteiger partial charge in [-0.15, -0.1) is 0 Å². The average Bonchev–Trinajstić information content (AvgIpc) is 2.74. The quantitative estimate of drug-likeness (QED) is 0.370. The molecule has 2 aromatic rings. The van der Waals surface area contributed by atoms with Crippen LogP contribution in [0.15, 0.2) is 12.1 Å².